The molecule has 1 N–H and O–H groups in total. The second-order valence-electron chi connectivity index (χ2n) is 3.95. The van der Waals surface area contributed by atoms with Gasteiger partial charge in [-0.05, 0) is 25.8 Å². The van der Waals surface area contributed by atoms with E-state index in [1.165, 1.54) is 12.8 Å². The molecule has 1 saturated carbocycles. The molecule has 1 aliphatic carbocycles. The van der Waals surface area contributed by atoms with Crippen LogP contribution >= 0.6 is 0 Å². The van der Waals surface area contributed by atoms with E-state index in [0.717, 1.165) is 18.8 Å². The molecule has 1 rings (SSSR count). The van der Waals surface area contributed by atoms with Crippen LogP contribution in [0.4, 0.5) is 0 Å². The molecule has 0 bridgehead atoms. The van der Waals surface area contributed by atoms with E-state index in [1.54, 1.807) is 0 Å². The summed E-state index contributed by atoms with van der Waals surface area (Å²) in [4.78, 5) is 11.4. The van der Waals surface area contributed by atoms with Gasteiger partial charge in [0.15, 0.2) is 0 Å². The molecule has 0 radical (unpaired) electrons. The first kappa shape index (κ1) is 9.72. The minimum atomic E-state index is 0.355. The van der Waals surface area contributed by atoms with Gasteiger partial charge >= 0.3 is 0 Å². The SMILES string of the molecule is CNCC(=O)[C@H]1CC[C@H](C)CC1. The first-order valence-electron chi connectivity index (χ1n) is 4.91. The van der Waals surface area contributed by atoms with Crippen LogP contribution < -0.4 is 5.32 Å². The molecule has 0 heterocycles. The molecular weight excluding hydrogens is 150 g/mol. The lowest BCUT2D eigenvalue weighted by molar-refractivity contribution is -0.123. The molecule has 1 aliphatic rings. The molecule has 2 heteroatoms. The molecule has 1 fully saturated rings. The Morgan fingerprint density at radius 1 is 1.33 bits per heavy atom. The lowest BCUT2D eigenvalue weighted by Crippen LogP contribution is -2.28. The summed E-state index contributed by atoms with van der Waals surface area (Å²) >= 11 is 0. The summed E-state index contributed by atoms with van der Waals surface area (Å²) in [5, 5.41) is 2.93. The standard InChI is InChI=1S/C10H19NO/c1-8-3-5-9(6-4-8)10(12)7-11-2/h8-9,11H,3-7H2,1-2H3/t8-,9-. The van der Waals surface area contributed by atoms with Crippen molar-refractivity contribution in [1.82, 2.24) is 5.32 Å². The average Bonchev–Trinajstić information content (AvgIpc) is 2.06. The fourth-order valence-corrected chi connectivity index (χ4v) is 1.90. The van der Waals surface area contributed by atoms with Crippen LogP contribution in [0.15, 0.2) is 0 Å². The zero-order valence-electron chi connectivity index (χ0n) is 8.10. The summed E-state index contributed by atoms with van der Waals surface area (Å²) in [7, 11) is 1.84. The maximum atomic E-state index is 11.4. The zero-order chi connectivity index (χ0) is 8.97. The highest BCUT2D eigenvalue weighted by Crippen LogP contribution is 2.28. The molecule has 0 atom stereocenters. The number of carbonyl (C=O) groups excluding carboxylic acids is 1. The first-order chi connectivity index (χ1) is 5.74. The van der Waals surface area contributed by atoms with Gasteiger partial charge in [0.2, 0.25) is 0 Å². The second-order valence-corrected chi connectivity index (χ2v) is 3.95. The van der Waals surface area contributed by atoms with Crippen LogP contribution in [0, 0.1) is 11.8 Å². The molecule has 12 heavy (non-hydrogen) atoms. The highest BCUT2D eigenvalue weighted by molar-refractivity contribution is 5.82. The van der Waals surface area contributed by atoms with Crippen LogP contribution in [0.5, 0.6) is 0 Å². The van der Waals surface area contributed by atoms with Crippen LogP contribution in [-0.2, 0) is 4.79 Å². The molecule has 0 aromatic heterocycles. The molecule has 0 unspecified atom stereocenters. The Morgan fingerprint density at radius 3 is 2.42 bits per heavy atom. The van der Waals surface area contributed by atoms with Crippen molar-refractivity contribution in [2.24, 2.45) is 11.8 Å². The second kappa shape index (κ2) is 4.61. The topological polar surface area (TPSA) is 29.1 Å². The normalized spacial score (nSPS) is 30.2. The van der Waals surface area contributed by atoms with E-state index in [9.17, 15) is 4.79 Å². The predicted octanol–water partition coefficient (Wildman–Crippen LogP) is 1.60. The van der Waals surface area contributed by atoms with E-state index < -0.39 is 0 Å². The van der Waals surface area contributed by atoms with Crippen molar-refractivity contribution in [1.29, 1.82) is 0 Å². The van der Waals surface area contributed by atoms with Gasteiger partial charge in [-0.3, -0.25) is 4.79 Å². The van der Waals surface area contributed by atoms with Gasteiger partial charge in [0.05, 0.1) is 6.54 Å². The van der Waals surface area contributed by atoms with Gasteiger partial charge in [-0.2, -0.15) is 0 Å². The number of carbonyl (C=O) groups is 1. The van der Waals surface area contributed by atoms with E-state index in [-0.39, 0.29) is 0 Å². The quantitative estimate of drug-likeness (QED) is 0.695. The van der Waals surface area contributed by atoms with Gasteiger partial charge in [-0.25, -0.2) is 0 Å². The van der Waals surface area contributed by atoms with Gasteiger partial charge in [0, 0.05) is 5.92 Å². The summed E-state index contributed by atoms with van der Waals surface area (Å²) in [5.41, 5.74) is 0. The van der Waals surface area contributed by atoms with Crippen molar-refractivity contribution in [3.05, 3.63) is 0 Å². The molecule has 70 valence electrons. The number of ketones is 1. The zero-order valence-corrected chi connectivity index (χ0v) is 8.10. The van der Waals surface area contributed by atoms with E-state index in [2.05, 4.69) is 12.2 Å². The minimum absolute atomic E-state index is 0.355. The fourth-order valence-electron chi connectivity index (χ4n) is 1.90. The average molecular weight is 169 g/mol. The highest BCUT2D eigenvalue weighted by Gasteiger charge is 2.23. The monoisotopic (exact) mass is 169 g/mol. The van der Waals surface area contributed by atoms with Crippen LogP contribution in [0.3, 0.4) is 0 Å². The lowest BCUT2D eigenvalue weighted by Gasteiger charge is -2.24. The molecule has 2 nitrogen and oxygen atoms in total. The van der Waals surface area contributed by atoms with Crippen molar-refractivity contribution in [2.45, 2.75) is 32.6 Å². The number of Topliss-reactive ketones (excluding diaryl/α,β-unsaturated/α-hetero) is 1. The third-order valence-corrected chi connectivity index (χ3v) is 2.82. The summed E-state index contributed by atoms with van der Waals surface area (Å²) in [5.74, 6) is 1.60. The fraction of sp³-hybridized carbons (Fsp3) is 0.900. The van der Waals surface area contributed by atoms with Crippen molar-refractivity contribution >= 4 is 5.78 Å². The minimum Gasteiger partial charge on any atom is -0.313 e. The van der Waals surface area contributed by atoms with Crippen molar-refractivity contribution < 1.29 is 4.79 Å². The van der Waals surface area contributed by atoms with Crippen molar-refractivity contribution in [3.8, 4) is 0 Å². The molecule has 0 aromatic rings. The van der Waals surface area contributed by atoms with Crippen molar-refractivity contribution in [2.75, 3.05) is 13.6 Å². The Morgan fingerprint density at radius 2 is 1.92 bits per heavy atom. The summed E-state index contributed by atoms with van der Waals surface area (Å²) in [6.07, 6.45) is 4.70. The van der Waals surface area contributed by atoms with Crippen LogP contribution in [0.2, 0.25) is 0 Å². The van der Waals surface area contributed by atoms with E-state index in [4.69, 9.17) is 0 Å². The number of likely N-dealkylation sites (N-methyl/N-ethyl adjacent to an activating group) is 1. The Balaban J connectivity index is 2.29. The molecule has 0 spiro atoms. The van der Waals surface area contributed by atoms with Gasteiger partial charge in [0.1, 0.15) is 5.78 Å². The van der Waals surface area contributed by atoms with E-state index >= 15 is 0 Å². The van der Waals surface area contributed by atoms with Crippen LogP contribution in [-0.4, -0.2) is 19.4 Å². The van der Waals surface area contributed by atoms with Crippen molar-refractivity contribution in [3.63, 3.8) is 0 Å². The molecule has 0 amide bonds. The molecular formula is C10H19NO. The van der Waals surface area contributed by atoms with Crippen LogP contribution in [0.1, 0.15) is 32.6 Å². The molecule has 0 aromatic carbocycles. The number of rotatable bonds is 3. The Bertz CT molecular complexity index is 148. The third-order valence-electron chi connectivity index (χ3n) is 2.82. The van der Waals surface area contributed by atoms with Gasteiger partial charge in [0.25, 0.3) is 0 Å². The van der Waals surface area contributed by atoms with Gasteiger partial charge in [-0.1, -0.05) is 19.8 Å². The Hall–Kier alpha value is -0.370. The van der Waals surface area contributed by atoms with Gasteiger partial charge < -0.3 is 5.32 Å². The number of hydrogen-bond donors (Lipinski definition) is 1. The number of nitrogens with one attached hydrogen (secondary N) is 1. The maximum Gasteiger partial charge on any atom is 0.149 e. The Kier molecular flexibility index (Phi) is 3.73. The number of hydrogen-bond acceptors (Lipinski definition) is 2. The van der Waals surface area contributed by atoms with Gasteiger partial charge in [-0.15, -0.1) is 0 Å². The maximum absolute atomic E-state index is 11.4. The third kappa shape index (κ3) is 2.59. The summed E-state index contributed by atoms with van der Waals surface area (Å²) in [6, 6.07) is 0. The first-order valence-corrected chi connectivity index (χ1v) is 4.91. The highest BCUT2D eigenvalue weighted by atomic mass is 16.1. The van der Waals surface area contributed by atoms with Crippen LogP contribution in [0.25, 0.3) is 0 Å². The Labute approximate surface area is 74.7 Å². The largest absolute Gasteiger partial charge is 0.313 e. The summed E-state index contributed by atoms with van der Waals surface area (Å²) < 4.78 is 0. The molecule has 0 saturated heterocycles. The lowest BCUT2D eigenvalue weighted by atomic mass is 9.81. The summed E-state index contributed by atoms with van der Waals surface area (Å²) in [6.45, 7) is 2.83. The smallest absolute Gasteiger partial charge is 0.149 e. The predicted molar refractivity (Wildman–Crippen MR) is 50.1 cm³/mol. The molecule has 0 aliphatic heterocycles. The van der Waals surface area contributed by atoms with E-state index in [0.29, 0.717) is 18.2 Å². The van der Waals surface area contributed by atoms with E-state index in [1.807, 2.05) is 7.05 Å².